The van der Waals surface area contributed by atoms with Gasteiger partial charge in [0.15, 0.2) is 0 Å². The van der Waals surface area contributed by atoms with Gasteiger partial charge in [-0.25, -0.2) is 13.6 Å². The van der Waals surface area contributed by atoms with Crippen LogP contribution in [0.2, 0.25) is 0 Å². The molecule has 10 heteroatoms. The van der Waals surface area contributed by atoms with E-state index in [1.165, 1.54) is 15.9 Å². The quantitative estimate of drug-likeness (QED) is 0.588. The van der Waals surface area contributed by atoms with E-state index >= 15 is 0 Å². The lowest BCUT2D eigenvalue weighted by molar-refractivity contribution is 0.121. The molecule has 2 rings (SSSR count). The van der Waals surface area contributed by atoms with E-state index < -0.39 is 24.2 Å². The lowest BCUT2D eigenvalue weighted by Crippen LogP contribution is -2.41. The number of thiophene rings is 1. The van der Waals surface area contributed by atoms with Gasteiger partial charge in [0.1, 0.15) is 4.83 Å². The first kappa shape index (κ1) is 20.7. The highest BCUT2D eigenvalue weighted by molar-refractivity contribution is 7.18. The van der Waals surface area contributed by atoms with Crippen molar-refractivity contribution in [1.29, 1.82) is 0 Å². The summed E-state index contributed by atoms with van der Waals surface area (Å²) in [5, 5.41) is 3.47. The molecule has 3 N–H and O–H groups in total. The van der Waals surface area contributed by atoms with Gasteiger partial charge in [0.05, 0.1) is 25.1 Å². The van der Waals surface area contributed by atoms with E-state index in [-0.39, 0.29) is 13.2 Å². The molecule has 26 heavy (non-hydrogen) atoms. The van der Waals surface area contributed by atoms with Crippen molar-refractivity contribution in [3.63, 3.8) is 0 Å². The minimum atomic E-state index is -2.79. The van der Waals surface area contributed by atoms with Gasteiger partial charge < -0.3 is 15.8 Å². The average molecular weight is 390 g/mol. The van der Waals surface area contributed by atoms with Gasteiger partial charge in [-0.3, -0.25) is 13.9 Å². The zero-order chi connectivity index (χ0) is 19.3. The molecule has 0 radical (unpaired) electrons. The minimum Gasteiger partial charge on any atom is -0.380 e. The molecule has 0 unspecified atom stereocenters. The van der Waals surface area contributed by atoms with E-state index in [1.54, 1.807) is 6.92 Å². The molecule has 0 amide bonds. The summed E-state index contributed by atoms with van der Waals surface area (Å²) >= 11 is 1.32. The van der Waals surface area contributed by atoms with Crippen molar-refractivity contribution in [3.05, 3.63) is 31.3 Å². The minimum absolute atomic E-state index is 0.197. The number of rotatable bonds is 10. The van der Waals surface area contributed by atoms with Crippen LogP contribution in [0.4, 0.5) is 8.78 Å². The van der Waals surface area contributed by atoms with E-state index in [4.69, 9.17) is 10.5 Å². The third kappa shape index (κ3) is 4.37. The molecule has 2 aromatic heterocycles. The Morgan fingerprint density at radius 2 is 2.04 bits per heavy atom. The summed E-state index contributed by atoms with van der Waals surface area (Å²) in [6.45, 7) is 5.19. The Bertz CT molecular complexity index is 860. The molecule has 0 atom stereocenters. The van der Waals surface area contributed by atoms with Crippen LogP contribution in [0.25, 0.3) is 10.2 Å². The largest absolute Gasteiger partial charge is 0.380 e. The van der Waals surface area contributed by atoms with E-state index in [9.17, 15) is 18.4 Å². The fraction of sp³-hybridized carbons (Fsp3) is 0.625. The predicted molar refractivity (Wildman–Crippen MR) is 98.3 cm³/mol. The highest BCUT2D eigenvalue weighted by Crippen LogP contribution is 2.27. The summed E-state index contributed by atoms with van der Waals surface area (Å²) in [7, 11) is 0. The monoisotopic (exact) mass is 390 g/mol. The number of ether oxygens (including phenoxy) is 1. The topological polar surface area (TPSA) is 91.3 Å². The van der Waals surface area contributed by atoms with Gasteiger partial charge in [0.25, 0.3) is 12.0 Å². The molecule has 0 saturated heterocycles. The molecule has 0 bridgehead atoms. The van der Waals surface area contributed by atoms with Crippen LogP contribution in [-0.2, 0) is 24.4 Å². The number of hydrogen-bond acceptors (Lipinski definition) is 6. The Hall–Kier alpha value is -1.62. The molecular weight excluding hydrogens is 366 g/mol. The number of aryl methyl sites for hydroxylation is 1. The third-order valence-electron chi connectivity index (χ3n) is 3.98. The van der Waals surface area contributed by atoms with Crippen molar-refractivity contribution < 1.29 is 13.5 Å². The molecule has 146 valence electrons. The fourth-order valence-corrected chi connectivity index (χ4v) is 3.99. The number of fused-ring (bicyclic) bond motifs is 1. The van der Waals surface area contributed by atoms with Crippen molar-refractivity contribution in [1.82, 2.24) is 14.5 Å². The molecule has 0 aliphatic carbocycles. The van der Waals surface area contributed by atoms with Crippen molar-refractivity contribution in [2.75, 3.05) is 26.3 Å². The van der Waals surface area contributed by atoms with Crippen molar-refractivity contribution in [2.45, 2.75) is 39.9 Å². The van der Waals surface area contributed by atoms with Crippen LogP contribution < -0.4 is 22.3 Å². The summed E-state index contributed by atoms with van der Waals surface area (Å²) in [4.78, 5) is 26.7. The summed E-state index contributed by atoms with van der Waals surface area (Å²) < 4.78 is 33.0. The lowest BCUT2D eigenvalue weighted by Gasteiger charge is -2.12. The molecule has 0 saturated carbocycles. The average Bonchev–Trinajstić information content (AvgIpc) is 2.91. The second kappa shape index (κ2) is 9.36. The maximum atomic E-state index is 12.9. The summed E-state index contributed by atoms with van der Waals surface area (Å²) in [5.74, 6) is 0. The highest BCUT2D eigenvalue weighted by atomic mass is 32.1. The fourth-order valence-electron chi connectivity index (χ4n) is 2.71. The number of aromatic nitrogens is 2. The maximum absolute atomic E-state index is 12.9. The van der Waals surface area contributed by atoms with Crippen molar-refractivity contribution in [2.24, 2.45) is 5.73 Å². The SMILES string of the molecule is CCOCCn1c(=O)n(CC(F)F)c(=O)c2c(C)c(CNCCN)sc21. The normalized spacial score (nSPS) is 11.8. The van der Waals surface area contributed by atoms with Crippen LogP contribution in [0.3, 0.4) is 0 Å². The first-order valence-corrected chi connectivity index (χ1v) is 9.26. The molecular formula is C16H24F2N4O3S. The standard InChI is InChI=1S/C16H24F2N4O3S/c1-3-25-7-6-21-15-13(10(2)11(26-15)8-20-5-4-19)14(23)22(16(21)24)9-12(17)18/h12,20H,3-9,19H2,1-2H3. The number of nitrogens with one attached hydrogen (secondary N) is 1. The van der Waals surface area contributed by atoms with Crippen molar-refractivity contribution in [3.8, 4) is 0 Å². The van der Waals surface area contributed by atoms with Gasteiger partial charge in [-0.2, -0.15) is 0 Å². The molecule has 0 spiro atoms. The van der Waals surface area contributed by atoms with Gasteiger partial charge in [-0.05, 0) is 19.4 Å². The van der Waals surface area contributed by atoms with E-state index in [1.807, 2.05) is 6.92 Å². The summed E-state index contributed by atoms with van der Waals surface area (Å²) in [6.07, 6.45) is -2.79. The van der Waals surface area contributed by atoms with E-state index in [0.717, 1.165) is 4.88 Å². The van der Waals surface area contributed by atoms with Gasteiger partial charge >= 0.3 is 5.69 Å². The number of nitrogens with zero attached hydrogens (tertiary/aromatic N) is 2. The first-order valence-electron chi connectivity index (χ1n) is 8.44. The summed E-state index contributed by atoms with van der Waals surface area (Å²) in [6, 6.07) is 0. The molecule has 0 aromatic carbocycles. The van der Waals surface area contributed by atoms with Crippen LogP contribution in [0.15, 0.2) is 9.59 Å². The Morgan fingerprint density at radius 1 is 1.31 bits per heavy atom. The van der Waals surface area contributed by atoms with Gasteiger partial charge in [-0.1, -0.05) is 0 Å². The van der Waals surface area contributed by atoms with Crippen LogP contribution in [0, 0.1) is 6.92 Å². The molecule has 7 nitrogen and oxygen atoms in total. The molecule has 0 aliphatic heterocycles. The number of nitrogens with two attached hydrogens (primary N) is 1. The Kier molecular flexibility index (Phi) is 7.44. The highest BCUT2D eigenvalue weighted by Gasteiger charge is 2.21. The first-order chi connectivity index (χ1) is 12.4. The van der Waals surface area contributed by atoms with E-state index in [0.29, 0.717) is 46.6 Å². The second-order valence-corrected chi connectivity index (χ2v) is 6.82. The Labute approximate surface area is 153 Å². The maximum Gasteiger partial charge on any atom is 0.332 e. The van der Waals surface area contributed by atoms with Crippen molar-refractivity contribution >= 4 is 21.6 Å². The smallest absolute Gasteiger partial charge is 0.332 e. The van der Waals surface area contributed by atoms with Gasteiger partial charge in [0, 0.05) is 31.1 Å². The second-order valence-electron chi connectivity index (χ2n) is 5.73. The lowest BCUT2D eigenvalue weighted by atomic mass is 10.2. The Morgan fingerprint density at radius 3 is 2.65 bits per heavy atom. The van der Waals surface area contributed by atoms with Crippen LogP contribution in [0.1, 0.15) is 17.4 Å². The van der Waals surface area contributed by atoms with Crippen LogP contribution in [0.5, 0.6) is 0 Å². The number of halogens is 2. The molecule has 2 heterocycles. The van der Waals surface area contributed by atoms with Crippen LogP contribution >= 0.6 is 11.3 Å². The number of alkyl halides is 2. The number of hydrogen-bond donors (Lipinski definition) is 2. The van der Waals surface area contributed by atoms with E-state index in [2.05, 4.69) is 5.32 Å². The summed E-state index contributed by atoms with van der Waals surface area (Å²) in [5.41, 5.74) is 4.77. The zero-order valence-electron chi connectivity index (χ0n) is 14.9. The van der Waals surface area contributed by atoms with Crippen LogP contribution in [-0.4, -0.2) is 41.9 Å². The third-order valence-corrected chi connectivity index (χ3v) is 5.30. The van der Waals surface area contributed by atoms with Gasteiger partial charge in [-0.15, -0.1) is 11.3 Å². The Balaban J connectivity index is 2.62. The van der Waals surface area contributed by atoms with Gasteiger partial charge in [0.2, 0.25) is 0 Å². The zero-order valence-corrected chi connectivity index (χ0v) is 15.7. The predicted octanol–water partition coefficient (Wildman–Crippen LogP) is 0.883. The molecule has 0 aliphatic rings. The molecule has 0 fully saturated rings. The molecule has 2 aromatic rings.